The maximum Gasteiger partial charge on any atom is 0.258 e. The van der Waals surface area contributed by atoms with Gasteiger partial charge in [0.05, 0.1) is 24.1 Å². The van der Waals surface area contributed by atoms with Gasteiger partial charge in [-0.2, -0.15) is 5.10 Å². The standard InChI is InChI=1S/C20H19F2N3O2/c1-3-5-17-19(23-20(26)15-9-8-13(21)11-16(15)22)18(25-24-17)12-6-4-7-14(10-12)27-2/h4,6-11H,3,5H2,1-2H3,(H,23,26)(H,24,25). The van der Waals surface area contributed by atoms with Gasteiger partial charge in [-0.05, 0) is 30.7 Å². The smallest absolute Gasteiger partial charge is 0.258 e. The van der Waals surface area contributed by atoms with Gasteiger partial charge in [-0.3, -0.25) is 9.89 Å². The molecule has 140 valence electrons. The Kier molecular flexibility index (Phi) is 5.49. The number of anilines is 1. The number of carbonyl (C=O) groups excluding carboxylic acids is 1. The molecule has 0 aliphatic rings. The number of benzene rings is 2. The summed E-state index contributed by atoms with van der Waals surface area (Å²) in [5.41, 5.74) is 2.22. The number of methoxy groups -OCH3 is 1. The highest BCUT2D eigenvalue weighted by molar-refractivity contribution is 6.06. The second-order valence-corrected chi connectivity index (χ2v) is 5.99. The van der Waals surface area contributed by atoms with Crippen LogP contribution in [0.2, 0.25) is 0 Å². The van der Waals surface area contributed by atoms with Gasteiger partial charge in [-0.25, -0.2) is 8.78 Å². The van der Waals surface area contributed by atoms with Crippen LogP contribution in [-0.4, -0.2) is 23.2 Å². The zero-order valence-electron chi connectivity index (χ0n) is 15.0. The van der Waals surface area contributed by atoms with Gasteiger partial charge in [0.1, 0.15) is 23.1 Å². The molecule has 0 saturated carbocycles. The summed E-state index contributed by atoms with van der Waals surface area (Å²) in [6.45, 7) is 2.00. The van der Waals surface area contributed by atoms with E-state index >= 15 is 0 Å². The highest BCUT2D eigenvalue weighted by Crippen LogP contribution is 2.32. The second-order valence-electron chi connectivity index (χ2n) is 5.99. The molecule has 7 heteroatoms. The molecule has 0 aliphatic heterocycles. The number of nitrogens with zero attached hydrogens (tertiary/aromatic N) is 1. The van der Waals surface area contributed by atoms with E-state index in [-0.39, 0.29) is 5.56 Å². The van der Waals surface area contributed by atoms with Crippen molar-refractivity contribution in [3.63, 3.8) is 0 Å². The minimum absolute atomic E-state index is 0.239. The number of ether oxygens (including phenoxy) is 1. The summed E-state index contributed by atoms with van der Waals surface area (Å²) in [6.07, 6.45) is 1.48. The van der Waals surface area contributed by atoms with Crippen molar-refractivity contribution in [3.05, 3.63) is 65.4 Å². The van der Waals surface area contributed by atoms with Crippen LogP contribution in [-0.2, 0) is 6.42 Å². The molecule has 0 saturated heterocycles. The zero-order chi connectivity index (χ0) is 19.4. The molecule has 27 heavy (non-hydrogen) atoms. The first-order valence-electron chi connectivity index (χ1n) is 8.51. The van der Waals surface area contributed by atoms with Crippen LogP contribution in [0, 0.1) is 11.6 Å². The number of carbonyl (C=O) groups is 1. The fraction of sp³-hybridized carbons (Fsp3) is 0.200. The first-order chi connectivity index (χ1) is 13.0. The first kappa shape index (κ1) is 18.6. The molecule has 3 rings (SSSR count). The first-order valence-corrected chi connectivity index (χ1v) is 8.51. The molecule has 0 aliphatic carbocycles. The number of hydrogen-bond acceptors (Lipinski definition) is 3. The van der Waals surface area contributed by atoms with Crippen molar-refractivity contribution in [2.24, 2.45) is 0 Å². The lowest BCUT2D eigenvalue weighted by Crippen LogP contribution is -2.15. The molecule has 2 aromatic carbocycles. The number of aromatic amines is 1. The number of H-pyrrole nitrogens is 1. The minimum Gasteiger partial charge on any atom is -0.497 e. The Hall–Kier alpha value is -3.22. The van der Waals surface area contributed by atoms with Crippen molar-refractivity contribution < 1.29 is 18.3 Å². The van der Waals surface area contributed by atoms with Crippen LogP contribution in [0.1, 0.15) is 29.4 Å². The van der Waals surface area contributed by atoms with Crippen LogP contribution < -0.4 is 10.1 Å². The van der Waals surface area contributed by atoms with Crippen LogP contribution in [0.5, 0.6) is 5.75 Å². The molecule has 3 aromatic rings. The van der Waals surface area contributed by atoms with Crippen molar-refractivity contribution in [3.8, 4) is 17.0 Å². The number of amides is 1. The molecule has 2 N–H and O–H groups in total. The van der Waals surface area contributed by atoms with Crippen LogP contribution in [0.4, 0.5) is 14.5 Å². The minimum atomic E-state index is -0.920. The molecule has 5 nitrogen and oxygen atoms in total. The highest BCUT2D eigenvalue weighted by Gasteiger charge is 2.20. The van der Waals surface area contributed by atoms with E-state index in [1.54, 1.807) is 19.2 Å². The Morgan fingerprint density at radius 1 is 1.22 bits per heavy atom. The van der Waals surface area contributed by atoms with Crippen LogP contribution in [0.3, 0.4) is 0 Å². The van der Waals surface area contributed by atoms with Crippen molar-refractivity contribution >= 4 is 11.6 Å². The summed E-state index contributed by atoms with van der Waals surface area (Å²) in [5, 5.41) is 9.97. The highest BCUT2D eigenvalue weighted by atomic mass is 19.1. The number of nitrogens with one attached hydrogen (secondary N) is 2. The molecule has 0 unspecified atom stereocenters. The van der Waals surface area contributed by atoms with Crippen LogP contribution in [0.25, 0.3) is 11.3 Å². The monoisotopic (exact) mass is 371 g/mol. The third kappa shape index (κ3) is 3.97. The summed E-state index contributed by atoms with van der Waals surface area (Å²) in [6, 6.07) is 10.1. The summed E-state index contributed by atoms with van der Waals surface area (Å²) in [7, 11) is 1.56. The Labute approximate surface area is 155 Å². The molecule has 1 amide bonds. The lowest BCUT2D eigenvalue weighted by molar-refractivity contribution is 0.102. The van der Waals surface area contributed by atoms with E-state index in [9.17, 15) is 13.6 Å². The Balaban J connectivity index is 2.00. The van der Waals surface area contributed by atoms with Gasteiger partial charge in [-0.15, -0.1) is 0 Å². The summed E-state index contributed by atoms with van der Waals surface area (Å²) in [4.78, 5) is 12.6. The third-order valence-corrected chi connectivity index (χ3v) is 4.10. The fourth-order valence-electron chi connectivity index (χ4n) is 2.78. The Morgan fingerprint density at radius 3 is 2.74 bits per heavy atom. The number of aromatic nitrogens is 2. The molecule has 0 atom stereocenters. The second kappa shape index (κ2) is 7.99. The van der Waals surface area contributed by atoms with Gasteiger partial charge < -0.3 is 10.1 Å². The average molecular weight is 371 g/mol. The van der Waals surface area contributed by atoms with Crippen molar-refractivity contribution in [1.29, 1.82) is 0 Å². The largest absolute Gasteiger partial charge is 0.497 e. The molecular weight excluding hydrogens is 352 g/mol. The molecule has 0 bridgehead atoms. The maximum absolute atomic E-state index is 14.0. The Bertz CT molecular complexity index is 970. The summed E-state index contributed by atoms with van der Waals surface area (Å²) in [5.74, 6) is -1.68. The van der Waals surface area contributed by atoms with E-state index in [0.29, 0.717) is 29.6 Å². The lowest BCUT2D eigenvalue weighted by Gasteiger charge is -2.10. The molecule has 1 aromatic heterocycles. The van der Waals surface area contributed by atoms with Crippen molar-refractivity contribution in [1.82, 2.24) is 10.2 Å². The molecule has 0 radical (unpaired) electrons. The quantitative estimate of drug-likeness (QED) is 0.667. The predicted molar refractivity (Wildman–Crippen MR) is 98.9 cm³/mol. The SMILES string of the molecule is CCCc1[nH]nc(-c2cccc(OC)c2)c1NC(=O)c1ccc(F)cc1F. The van der Waals surface area contributed by atoms with Gasteiger partial charge in [-0.1, -0.05) is 25.5 Å². The van der Waals surface area contributed by atoms with Gasteiger partial charge in [0.25, 0.3) is 5.91 Å². The van der Waals surface area contributed by atoms with Gasteiger partial charge >= 0.3 is 0 Å². The van der Waals surface area contributed by atoms with Crippen LogP contribution >= 0.6 is 0 Å². The van der Waals surface area contributed by atoms with E-state index in [1.165, 1.54) is 0 Å². The summed E-state index contributed by atoms with van der Waals surface area (Å²) >= 11 is 0. The van der Waals surface area contributed by atoms with E-state index in [4.69, 9.17) is 4.74 Å². The molecule has 0 spiro atoms. The van der Waals surface area contributed by atoms with Crippen molar-refractivity contribution in [2.75, 3.05) is 12.4 Å². The van der Waals surface area contributed by atoms with E-state index < -0.39 is 17.5 Å². The van der Waals surface area contributed by atoms with Gasteiger partial charge in [0, 0.05) is 11.6 Å². The predicted octanol–water partition coefficient (Wildman–Crippen LogP) is 4.57. The number of halogens is 2. The fourth-order valence-corrected chi connectivity index (χ4v) is 2.78. The number of rotatable bonds is 6. The molecular formula is C20H19F2N3O2. The van der Waals surface area contributed by atoms with Crippen LogP contribution in [0.15, 0.2) is 42.5 Å². The molecule has 1 heterocycles. The van der Waals surface area contributed by atoms with Gasteiger partial charge in [0.15, 0.2) is 0 Å². The summed E-state index contributed by atoms with van der Waals surface area (Å²) < 4.78 is 32.3. The maximum atomic E-state index is 14.0. The molecule has 0 fully saturated rings. The normalized spacial score (nSPS) is 10.7. The van der Waals surface area contributed by atoms with Crippen molar-refractivity contribution in [2.45, 2.75) is 19.8 Å². The van der Waals surface area contributed by atoms with E-state index in [0.717, 1.165) is 29.8 Å². The number of aryl methyl sites for hydroxylation is 1. The van der Waals surface area contributed by atoms with E-state index in [1.807, 2.05) is 19.1 Å². The Morgan fingerprint density at radius 2 is 2.04 bits per heavy atom. The van der Waals surface area contributed by atoms with E-state index in [2.05, 4.69) is 15.5 Å². The zero-order valence-corrected chi connectivity index (χ0v) is 15.0. The average Bonchev–Trinajstić information content (AvgIpc) is 3.04. The topological polar surface area (TPSA) is 67.0 Å². The third-order valence-electron chi connectivity index (χ3n) is 4.10. The number of hydrogen-bond donors (Lipinski definition) is 2. The lowest BCUT2D eigenvalue weighted by atomic mass is 10.1. The van der Waals surface area contributed by atoms with Gasteiger partial charge in [0.2, 0.25) is 0 Å².